The van der Waals surface area contributed by atoms with Gasteiger partial charge in [-0.3, -0.25) is 4.79 Å². The monoisotopic (exact) mass is 492 g/mol. The zero-order chi connectivity index (χ0) is 25.6. The number of Topliss-reactive ketones (excluding diaryl/α,β-unsaturated/α-hetero) is 1. The molecule has 0 saturated heterocycles. The van der Waals surface area contributed by atoms with Crippen molar-refractivity contribution in [3.05, 3.63) is 59.2 Å². The second-order valence-corrected chi connectivity index (χ2v) is 8.98. The van der Waals surface area contributed by atoms with Crippen molar-refractivity contribution >= 4 is 5.78 Å². The van der Waals surface area contributed by atoms with Crippen molar-refractivity contribution in [3.63, 3.8) is 0 Å². The van der Waals surface area contributed by atoms with Crippen LogP contribution in [-0.2, 0) is 6.42 Å². The molecule has 8 heteroatoms. The summed E-state index contributed by atoms with van der Waals surface area (Å²) in [5.41, 5.74) is 2.50. The molecule has 2 aliphatic rings. The molecular formula is C28H28O8. The SMILES string of the molecule is COc1cc2c(c(O)c1OC)-c1c(cc3c(c1OC)OCO3)CC(C)C(O)C2C(=O)c1ccccc1. The van der Waals surface area contributed by atoms with E-state index in [0.717, 1.165) is 5.56 Å². The zero-order valence-corrected chi connectivity index (χ0v) is 20.5. The van der Waals surface area contributed by atoms with E-state index in [1.807, 2.05) is 19.1 Å². The standard InChI is InChI=1S/C28H28O8/c1-14-10-16-11-19-27(36-13-35-19)28(34-4)20(16)21-17(12-18(32-2)26(33-3)25(21)31)22(23(14)29)24(30)15-8-6-5-7-9-15/h5-9,11-12,14,22-23,29,31H,10,13H2,1-4H3. The quantitative estimate of drug-likeness (QED) is 0.507. The van der Waals surface area contributed by atoms with E-state index in [1.165, 1.54) is 21.3 Å². The van der Waals surface area contributed by atoms with E-state index < -0.39 is 12.0 Å². The summed E-state index contributed by atoms with van der Waals surface area (Å²) in [6.07, 6.45) is -0.659. The van der Waals surface area contributed by atoms with Gasteiger partial charge in [0.15, 0.2) is 28.8 Å². The molecule has 1 aliphatic carbocycles. The summed E-state index contributed by atoms with van der Waals surface area (Å²) in [4.78, 5) is 13.9. The van der Waals surface area contributed by atoms with E-state index in [1.54, 1.807) is 30.3 Å². The maximum absolute atomic E-state index is 13.9. The lowest BCUT2D eigenvalue weighted by molar-refractivity contribution is 0.0651. The molecule has 5 rings (SSSR count). The van der Waals surface area contributed by atoms with Crippen molar-refractivity contribution < 1.29 is 38.7 Å². The van der Waals surface area contributed by atoms with Crippen LogP contribution in [0.5, 0.6) is 34.5 Å². The molecule has 1 heterocycles. The number of phenolic OH excluding ortho intramolecular Hbond substituents is 1. The van der Waals surface area contributed by atoms with Crippen LogP contribution in [0, 0.1) is 5.92 Å². The second kappa shape index (κ2) is 9.28. The van der Waals surface area contributed by atoms with Crippen molar-refractivity contribution in [2.24, 2.45) is 5.92 Å². The summed E-state index contributed by atoms with van der Waals surface area (Å²) in [6, 6.07) is 12.3. The zero-order valence-electron chi connectivity index (χ0n) is 20.5. The summed E-state index contributed by atoms with van der Waals surface area (Å²) >= 11 is 0. The molecule has 3 aromatic carbocycles. The highest BCUT2D eigenvalue weighted by Crippen LogP contribution is 2.57. The summed E-state index contributed by atoms with van der Waals surface area (Å²) in [6.45, 7) is 1.93. The van der Waals surface area contributed by atoms with Gasteiger partial charge in [0.2, 0.25) is 18.3 Å². The average molecular weight is 493 g/mol. The highest BCUT2D eigenvalue weighted by Gasteiger charge is 2.41. The third-order valence-corrected chi connectivity index (χ3v) is 6.97. The first kappa shape index (κ1) is 23.8. The topological polar surface area (TPSA) is 104 Å². The number of benzene rings is 3. The van der Waals surface area contributed by atoms with Crippen LogP contribution >= 0.6 is 0 Å². The number of ether oxygens (including phenoxy) is 5. The molecule has 8 nitrogen and oxygen atoms in total. The lowest BCUT2D eigenvalue weighted by Crippen LogP contribution is -2.34. The minimum atomic E-state index is -1.06. The van der Waals surface area contributed by atoms with Gasteiger partial charge in [-0.2, -0.15) is 0 Å². The van der Waals surface area contributed by atoms with Gasteiger partial charge < -0.3 is 33.9 Å². The lowest BCUT2D eigenvalue weighted by atomic mass is 9.73. The number of aliphatic hydroxyl groups excluding tert-OH is 1. The van der Waals surface area contributed by atoms with Crippen LogP contribution < -0.4 is 23.7 Å². The van der Waals surface area contributed by atoms with Gasteiger partial charge in [0.25, 0.3) is 0 Å². The van der Waals surface area contributed by atoms with E-state index in [9.17, 15) is 15.0 Å². The number of hydrogen-bond donors (Lipinski definition) is 2. The molecule has 2 N–H and O–H groups in total. The fourth-order valence-corrected chi connectivity index (χ4v) is 5.25. The van der Waals surface area contributed by atoms with Gasteiger partial charge >= 0.3 is 0 Å². The van der Waals surface area contributed by atoms with Crippen LogP contribution in [0.4, 0.5) is 0 Å². The summed E-state index contributed by atoms with van der Waals surface area (Å²) < 4.78 is 28.1. The third-order valence-electron chi connectivity index (χ3n) is 6.97. The largest absolute Gasteiger partial charge is 0.504 e. The number of rotatable bonds is 5. The molecule has 3 unspecified atom stereocenters. The van der Waals surface area contributed by atoms with Crippen molar-refractivity contribution in [2.45, 2.75) is 25.4 Å². The Bertz CT molecular complexity index is 1320. The van der Waals surface area contributed by atoms with Gasteiger partial charge in [-0.1, -0.05) is 37.3 Å². The Morgan fingerprint density at radius 2 is 1.69 bits per heavy atom. The molecule has 0 saturated carbocycles. The van der Waals surface area contributed by atoms with Crippen LogP contribution in [0.1, 0.15) is 34.3 Å². The molecule has 0 bridgehead atoms. The number of methoxy groups -OCH3 is 3. The number of carbonyl (C=O) groups is 1. The number of aliphatic hydroxyl groups is 1. The normalized spacial score (nSPS) is 20.0. The first-order valence-electron chi connectivity index (χ1n) is 11.7. The first-order chi connectivity index (χ1) is 17.4. The lowest BCUT2D eigenvalue weighted by Gasteiger charge is -2.33. The molecule has 188 valence electrons. The Kier molecular flexibility index (Phi) is 6.14. The molecule has 3 aromatic rings. The molecule has 3 atom stereocenters. The van der Waals surface area contributed by atoms with Crippen LogP contribution in [0.2, 0.25) is 0 Å². The van der Waals surface area contributed by atoms with Crippen molar-refractivity contribution in [1.82, 2.24) is 0 Å². The number of fused-ring (bicyclic) bond motifs is 4. The van der Waals surface area contributed by atoms with Crippen LogP contribution in [0.15, 0.2) is 42.5 Å². The minimum absolute atomic E-state index is 0.0344. The smallest absolute Gasteiger partial charge is 0.231 e. The van der Waals surface area contributed by atoms with E-state index >= 15 is 0 Å². The molecule has 0 fully saturated rings. The number of phenols is 1. The number of aromatic hydroxyl groups is 1. The maximum Gasteiger partial charge on any atom is 0.231 e. The minimum Gasteiger partial charge on any atom is -0.504 e. The molecule has 0 aromatic heterocycles. The van der Waals surface area contributed by atoms with E-state index in [4.69, 9.17) is 23.7 Å². The highest BCUT2D eigenvalue weighted by molar-refractivity contribution is 6.04. The molecular weight excluding hydrogens is 464 g/mol. The Balaban J connectivity index is 1.89. The van der Waals surface area contributed by atoms with E-state index in [-0.39, 0.29) is 35.7 Å². The van der Waals surface area contributed by atoms with E-state index in [2.05, 4.69) is 0 Å². The summed E-state index contributed by atoms with van der Waals surface area (Å²) in [5, 5.41) is 23.2. The van der Waals surface area contributed by atoms with Crippen molar-refractivity contribution in [2.75, 3.05) is 28.1 Å². The van der Waals surface area contributed by atoms with Crippen LogP contribution in [0.25, 0.3) is 11.1 Å². The molecule has 36 heavy (non-hydrogen) atoms. The number of hydrogen-bond acceptors (Lipinski definition) is 8. The Morgan fingerprint density at radius 3 is 2.36 bits per heavy atom. The third kappa shape index (κ3) is 3.60. The Labute approximate surface area is 209 Å². The van der Waals surface area contributed by atoms with Crippen LogP contribution in [0.3, 0.4) is 0 Å². The van der Waals surface area contributed by atoms with Gasteiger partial charge in [-0.25, -0.2) is 0 Å². The number of ketones is 1. The first-order valence-corrected chi connectivity index (χ1v) is 11.7. The Hall–Kier alpha value is -3.91. The van der Waals surface area contributed by atoms with Gasteiger partial charge in [-0.05, 0) is 35.6 Å². The molecule has 0 amide bonds. The van der Waals surface area contributed by atoms with E-state index in [0.29, 0.717) is 45.9 Å². The average Bonchev–Trinajstić information content (AvgIpc) is 3.36. The highest BCUT2D eigenvalue weighted by atomic mass is 16.7. The Morgan fingerprint density at radius 1 is 0.972 bits per heavy atom. The molecule has 0 radical (unpaired) electrons. The predicted octanol–water partition coefficient (Wildman–Crippen LogP) is 4.33. The van der Waals surface area contributed by atoms with Gasteiger partial charge in [-0.15, -0.1) is 0 Å². The van der Waals surface area contributed by atoms with Crippen molar-refractivity contribution in [1.29, 1.82) is 0 Å². The summed E-state index contributed by atoms with van der Waals surface area (Å²) in [5.74, 6) is -0.164. The fourth-order valence-electron chi connectivity index (χ4n) is 5.25. The second-order valence-electron chi connectivity index (χ2n) is 8.98. The number of carbonyl (C=O) groups excluding carboxylic acids is 1. The molecule has 0 spiro atoms. The van der Waals surface area contributed by atoms with Gasteiger partial charge in [0.05, 0.1) is 33.4 Å². The maximum atomic E-state index is 13.9. The summed E-state index contributed by atoms with van der Waals surface area (Å²) in [7, 11) is 4.39. The van der Waals surface area contributed by atoms with Gasteiger partial charge in [0, 0.05) is 16.7 Å². The van der Waals surface area contributed by atoms with Crippen LogP contribution in [-0.4, -0.2) is 50.2 Å². The molecule has 1 aliphatic heterocycles. The van der Waals surface area contributed by atoms with Crippen molar-refractivity contribution in [3.8, 4) is 45.6 Å². The van der Waals surface area contributed by atoms with Gasteiger partial charge in [0.1, 0.15) is 0 Å². The fraction of sp³-hybridized carbons (Fsp3) is 0.321. The predicted molar refractivity (Wildman–Crippen MR) is 132 cm³/mol.